The van der Waals surface area contributed by atoms with Crippen molar-refractivity contribution in [1.29, 1.82) is 0 Å². The average molecular weight is 362 g/mol. The highest BCUT2D eigenvalue weighted by molar-refractivity contribution is 7.97. The Morgan fingerprint density at radius 1 is 0.846 bits per heavy atom. The van der Waals surface area contributed by atoms with Gasteiger partial charge in [-0.3, -0.25) is 4.79 Å². The molecule has 0 aromatic heterocycles. The molecule has 3 aromatic carbocycles. The molecule has 132 valence electrons. The van der Waals surface area contributed by atoms with Gasteiger partial charge in [0.2, 0.25) is 0 Å². The zero-order chi connectivity index (χ0) is 17.8. The zero-order valence-corrected chi connectivity index (χ0v) is 15.7. The van der Waals surface area contributed by atoms with E-state index in [0.29, 0.717) is 0 Å². The van der Waals surface area contributed by atoms with Gasteiger partial charge in [0.05, 0.1) is 0 Å². The fourth-order valence-corrected chi connectivity index (χ4v) is 4.55. The molecule has 1 saturated heterocycles. The molecule has 1 amide bonds. The molecule has 1 heterocycles. The summed E-state index contributed by atoms with van der Waals surface area (Å²) in [5.41, 5.74) is 3.47. The van der Waals surface area contributed by atoms with Gasteiger partial charge in [0.25, 0.3) is 5.91 Å². The van der Waals surface area contributed by atoms with Crippen LogP contribution in [0.5, 0.6) is 0 Å². The van der Waals surface area contributed by atoms with Gasteiger partial charge in [-0.1, -0.05) is 54.6 Å². The summed E-state index contributed by atoms with van der Waals surface area (Å²) < 4.78 is 0. The van der Waals surface area contributed by atoms with Crippen molar-refractivity contribution in [3.05, 3.63) is 83.4 Å². The number of benzene rings is 3. The van der Waals surface area contributed by atoms with Crippen LogP contribution >= 0.6 is 11.8 Å². The summed E-state index contributed by atoms with van der Waals surface area (Å²) in [5, 5.41) is 2.64. The van der Waals surface area contributed by atoms with Crippen molar-refractivity contribution >= 4 is 28.4 Å². The lowest BCUT2D eigenvalue weighted by molar-refractivity contribution is 0.0793. The summed E-state index contributed by atoms with van der Waals surface area (Å²) in [7, 11) is 0. The molecule has 0 atom stereocenters. The molecule has 3 aromatic rings. The molecule has 1 aliphatic heterocycles. The van der Waals surface area contributed by atoms with Crippen molar-refractivity contribution in [2.24, 2.45) is 0 Å². The molecular weight excluding hydrogens is 338 g/mol. The number of likely N-dealkylation sites (tertiary alicyclic amines) is 1. The molecule has 0 radical (unpaired) electrons. The predicted octanol–water partition coefficient (Wildman–Crippen LogP) is 5.51. The SMILES string of the molecule is O=C(c1ccc(CSCc2cccc3ccccc23)cc1)N1CCCC1. The van der Waals surface area contributed by atoms with Crippen LogP contribution in [0.4, 0.5) is 0 Å². The first-order valence-corrected chi connectivity index (χ1v) is 10.4. The first kappa shape index (κ1) is 17.2. The Balaban J connectivity index is 1.36. The normalized spacial score (nSPS) is 14.1. The van der Waals surface area contributed by atoms with E-state index in [9.17, 15) is 4.79 Å². The Morgan fingerprint density at radius 2 is 1.58 bits per heavy atom. The van der Waals surface area contributed by atoms with E-state index in [1.165, 1.54) is 21.9 Å². The van der Waals surface area contributed by atoms with E-state index in [1.54, 1.807) is 0 Å². The van der Waals surface area contributed by atoms with Crippen LogP contribution in [-0.2, 0) is 11.5 Å². The third kappa shape index (κ3) is 3.78. The topological polar surface area (TPSA) is 20.3 Å². The van der Waals surface area contributed by atoms with E-state index >= 15 is 0 Å². The third-order valence-corrected chi connectivity index (χ3v) is 6.05. The van der Waals surface area contributed by atoms with Gasteiger partial charge in [0.1, 0.15) is 0 Å². The number of amides is 1. The van der Waals surface area contributed by atoms with E-state index in [2.05, 4.69) is 54.6 Å². The maximum absolute atomic E-state index is 12.4. The van der Waals surface area contributed by atoms with Crippen LogP contribution in [0.15, 0.2) is 66.7 Å². The summed E-state index contributed by atoms with van der Waals surface area (Å²) in [6.45, 7) is 1.81. The average Bonchev–Trinajstić information content (AvgIpc) is 3.23. The summed E-state index contributed by atoms with van der Waals surface area (Å²) >= 11 is 1.92. The van der Waals surface area contributed by atoms with Crippen LogP contribution < -0.4 is 0 Å². The maximum Gasteiger partial charge on any atom is 0.253 e. The van der Waals surface area contributed by atoms with Crippen LogP contribution in [-0.4, -0.2) is 23.9 Å². The lowest BCUT2D eigenvalue weighted by Crippen LogP contribution is -2.27. The minimum atomic E-state index is 0.178. The van der Waals surface area contributed by atoms with Gasteiger partial charge < -0.3 is 4.90 Å². The molecule has 0 N–H and O–H groups in total. The second-order valence-electron chi connectivity index (χ2n) is 6.83. The number of carbonyl (C=O) groups excluding carboxylic acids is 1. The number of hydrogen-bond donors (Lipinski definition) is 0. The molecule has 0 aliphatic carbocycles. The first-order valence-electron chi connectivity index (χ1n) is 9.24. The molecule has 0 bridgehead atoms. The molecule has 3 heteroatoms. The molecular formula is C23H23NOS. The Morgan fingerprint density at radius 3 is 2.38 bits per heavy atom. The van der Waals surface area contributed by atoms with Gasteiger partial charge in [-0.2, -0.15) is 11.8 Å². The largest absolute Gasteiger partial charge is 0.339 e. The maximum atomic E-state index is 12.4. The van der Waals surface area contributed by atoms with Crippen LogP contribution in [0, 0.1) is 0 Å². The highest BCUT2D eigenvalue weighted by Crippen LogP contribution is 2.25. The second-order valence-corrected chi connectivity index (χ2v) is 7.81. The quantitative estimate of drug-likeness (QED) is 0.597. The van der Waals surface area contributed by atoms with Gasteiger partial charge >= 0.3 is 0 Å². The lowest BCUT2D eigenvalue weighted by Gasteiger charge is -2.15. The molecule has 26 heavy (non-hydrogen) atoms. The molecule has 0 unspecified atom stereocenters. The second kappa shape index (κ2) is 7.96. The molecule has 0 saturated carbocycles. The monoisotopic (exact) mass is 361 g/mol. The number of rotatable bonds is 5. The minimum absolute atomic E-state index is 0.178. The van der Waals surface area contributed by atoms with E-state index < -0.39 is 0 Å². The first-order chi connectivity index (χ1) is 12.8. The van der Waals surface area contributed by atoms with E-state index in [-0.39, 0.29) is 5.91 Å². The predicted molar refractivity (Wildman–Crippen MR) is 111 cm³/mol. The van der Waals surface area contributed by atoms with Crippen molar-refractivity contribution in [3.8, 4) is 0 Å². The van der Waals surface area contributed by atoms with Gasteiger partial charge in [0.15, 0.2) is 0 Å². The van der Waals surface area contributed by atoms with E-state index in [4.69, 9.17) is 0 Å². The highest BCUT2D eigenvalue weighted by atomic mass is 32.2. The van der Waals surface area contributed by atoms with Crippen LogP contribution in [0.25, 0.3) is 10.8 Å². The molecule has 1 fully saturated rings. The van der Waals surface area contributed by atoms with Crippen molar-refractivity contribution in [3.63, 3.8) is 0 Å². The Hall–Kier alpha value is -2.26. The number of thioether (sulfide) groups is 1. The third-order valence-electron chi connectivity index (χ3n) is 5.00. The van der Waals surface area contributed by atoms with E-state index in [1.807, 2.05) is 28.8 Å². The van der Waals surface area contributed by atoms with E-state index in [0.717, 1.165) is 43.0 Å². The van der Waals surface area contributed by atoms with Gasteiger partial charge in [-0.05, 0) is 46.9 Å². The van der Waals surface area contributed by atoms with Gasteiger partial charge in [-0.15, -0.1) is 0 Å². The smallest absolute Gasteiger partial charge is 0.253 e. The van der Waals surface area contributed by atoms with Gasteiger partial charge in [0, 0.05) is 30.2 Å². The summed E-state index contributed by atoms with van der Waals surface area (Å²) in [6, 6.07) is 23.2. The summed E-state index contributed by atoms with van der Waals surface area (Å²) in [6.07, 6.45) is 2.27. The lowest BCUT2D eigenvalue weighted by atomic mass is 10.1. The molecule has 0 spiro atoms. The van der Waals surface area contributed by atoms with Crippen LogP contribution in [0.3, 0.4) is 0 Å². The summed E-state index contributed by atoms with van der Waals surface area (Å²) in [4.78, 5) is 14.4. The molecule has 2 nitrogen and oxygen atoms in total. The fourth-order valence-electron chi connectivity index (χ4n) is 3.54. The Labute approximate surface area is 159 Å². The number of hydrogen-bond acceptors (Lipinski definition) is 2. The van der Waals surface area contributed by atoms with Gasteiger partial charge in [-0.25, -0.2) is 0 Å². The number of carbonyl (C=O) groups is 1. The molecule has 4 rings (SSSR count). The fraction of sp³-hybridized carbons (Fsp3) is 0.261. The number of fused-ring (bicyclic) bond motifs is 1. The standard InChI is InChI=1S/C23H23NOS/c25-23(24-14-3-4-15-24)20-12-10-18(11-13-20)16-26-17-21-8-5-7-19-6-1-2-9-22(19)21/h1-2,5-13H,3-4,14-17H2. The van der Waals surface area contributed by atoms with Crippen molar-refractivity contribution in [1.82, 2.24) is 4.90 Å². The number of nitrogens with zero attached hydrogens (tertiary/aromatic N) is 1. The van der Waals surface area contributed by atoms with Crippen LogP contribution in [0.2, 0.25) is 0 Å². The van der Waals surface area contributed by atoms with Crippen molar-refractivity contribution in [2.75, 3.05) is 13.1 Å². The zero-order valence-electron chi connectivity index (χ0n) is 14.9. The van der Waals surface area contributed by atoms with Crippen LogP contribution in [0.1, 0.15) is 34.3 Å². The van der Waals surface area contributed by atoms with Crippen molar-refractivity contribution < 1.29 is 4.79 Å². The molecule has 1 aliphatic rings. The van der Waals surface area contributed by atoms with Crippen molar-refractivity contribution in [2.45, 2.75) is 24.3 Å². The highest BCUT2D eigenvalue weighted by Gasteiger charge is 2.19. The minimum Gasteiger partial charge on any atom is -0.339 e. The Bertz CT molecular complexity index is 892. The summed E-state index contributed by atoms with van der Waals surface area (Å²) in [5.74, 6) is 2.13. The Kier molecular flexibility index (Phi) is 5.26.